The van der Waals surface area contributed by atoms with Crippen LogP contribution < -0.4 is 11.5 Å². The van der Waals surface area contributed by atoms with Gasteiger partial charge in [0.1, 0.15) is 18.7 Å². The van der Waals surface area contributed by atoms with Gasteiger partial charge in [0.25, 0.3) is 0 Å². The van der Waals surface area contributed by atoms with Gasteiger partial charge in [0, 0.05) is 23.8 Å². The summed E-state index contributed by atoms with van der Waals surface area (Å²) in [5.74, 6) is -4.08. The average Bonchev–Trinajstić information content (AvgIpc) is 3.30. The molecule has 0 fully saturated rings. The zero-order chi connectivity index (χ0) is 50.5. The summed E-state index contributed by atoms with van der Waals surface area (Å²) in [6.45, 7) is 2.10. The van der Waals surface area contributed by atoms with Crippen LogP contribution >= 0.6 is 19.6 Å². The first-order valence-electron chi connectivity index (χ1n) is 23.9. The summed E-state index contributed by atoms with van der Waals surface area (Å²) < 4.78 is 32.9. The number of carboxylic acids is 2. The molecular formula is C51H81N2O13PS. The fourth-order valence-electron chi connectivity index (χ4n) is 5.63. The van der Waals surface area contributed by atoms with Crippen LogP contribution in [0.15, 0.2) is 109 Å². The van der Waals surface area contributed by atoms with Gasteiger partial charge in [-0.05, 0) is 83.5 Å². The van der Waals surface area contributed by atoms with Crippen LogP contribution in [0.5, 0.6) is 0 Å². The van der Waals surface area contributed by atoms with Gasteiger partial charge in [-0.3, -0.25) is 28.2 Å². The van der Waals surface area contributed by atoms with E-state index in [0.29, 0.717) is 6.42 Å². The molecule has 8 N–H and O–H groups in total. The van der Waals surface area contributed by atoms with E-state index in [-0.39, 0.29) is 31.4 Å². The van der Waals surface area contributed by atoms with Gasteiger partial charge in [-0.1, -0.05) is 142 Å². The van der Waals surface area contributed by atoms with Gasteiger partial charge in [0.2, 0.25) is 0 Å². The second-order valence-corrected chi connectivity index (χ2v) is 18.4. The SMILES string of the molecule is CC/C=C\C/C=C\C/C=C\C/C=C\C/C=C\CCCCCC(=O)OC[C@H](COP(=O)(O)OC[C@H](N)C(=O)O)OC(=O)[C@@H](N)CS[C@H](/C=C/C=C/C=C\C/C=C\CCCCC)[C@@H](O)CCCC(=O)O. The standard InChI is InChI=1S/C51H81N2O13PS/c1-3-5-7-9-11-13-15-17-18-19-20-21-22-23-25-27-29-31-33-38-49(57)63-39-43(40-64-67(61,62)65-41-44(52)50(58)59)66-51(60)45(53)42-68-47(46(54)35-34-37-48(55)56)36-32-30-28-26-24-16-14-12-10-8-6-4-2/h5,7,11-14,17-18,20-21,23-26,28,30,32,36,43-47,54H,3-4,6,8-10,15-16,19,22,27,29,31,33-35,37-42,52-53H2,1-2H3,(H,55,56)(H,58,59)(H,61,62)/b7-5-,13-11-,14-12-,18-17-,21-20-,25-23-,26-24-,30-28+,36-32+/t43-,44+,45+,46+,47-/m1/s1. The number of esters is 2. The summed E-state index contributed by atoms with van der Waals surface area (Å²) in [5.41, 5.74) is 11.5. The van der Waals surface area contributed by atoms with Crippen LogP contribution in [0.4, 0.5) is 0 Å². The molecule has 0 rings (SSSR count). The third kappa shape index (κ3) is 40.9. The quantitative estimate of drug-likeness (QED) is 0.0109. The van der Waals surface area contributed by atoms with E-state index in [4.69, 9.17) is 35.7 Å². The van der Waals surface area contributed by atoms with Crippen LogP contribution in [0.2, 0.25) is 0 Å². The molecule has 384 valence electrons. The highest BCUT2D eigenvalue weighted by Gasteiger charge is 2.30. The largest absolute Gasteiger partial charge is 0.481 e. The molecule has 0 radical (unpaired) electrons. The minimum absolute atomic E-state index is 0.0558. The van der Waals surface area contributed by atoms with E-state index in [1.165, 1.54) is 19.3 Å². The monoisotopic (exact) mass is 993 g/mol. The van der Waals surface area contributed by atoms with E-state index in [1.807, 2.05) is 18.2 Å². The fourth-order valence-corrected chi connectivity index (χ4v) is 7.54. The molecule has 0 saturated heterocycles. The van der Waals surface area contributed by atoms with Crippen LogP contribution in [-0.2, 0) is 42.3 Å². The van der Waals surface area contributed by atoms with Crippen molar-refractivity contribution in [3.63, 3.8) is 0 Å². The number of unbranched alkanes of at least 4 members (excludes halogenated alkanes) is 6. The number of phosphoric acid groups is 1. The molecule has 68 heavy (non-hydrogen) atoms. The summed E-state index contributed by atoms with van der Waals surface area (Å²) in [7, 11) is -4.90. The van der Waals surface area contributed by atoms with E-state index < -0.39 is 81.1 Å². The normalized spacial score (nSPS) is 15.8. The van der Waals surface area contributed by atoms with Crippen LogP contribution in [0, 0.1) is 0 Å². The third-order valence-electron chi connectivity index (χ3n) is 9.50. The number of hydrogen-bond donors (Lipinski definition) is 6. The predicted octanol–water partition coefficient (Wildman–Crippen LogP) is 9.93. The zero-order valence-electron chi connectivity index (χ0n) is 40.3. The Balaban J connectivity index is 5.26. The van der Waals surface area contributed by atoms with Crippen molar-refractivity contribution in [2.24, 2.45) is 11.5 Å². The molecule has 0 aliphatic heterocycles. The van der Waals surface area contributed by atoms with Crippen LogP contribution in [-0.4, -0.2) is 99.2 Å². The molecule has 17 heteroatoms. The first-order chi connectivity index (χ1) is 32.7. The molecule has 0 aromatic heterocycles. The van der Waals surface area contributed by atoms with E-state index in [0.717, 1.165) is 76.0 Å². The maximum absolute atomic E-state index is 13.2. The lowest BCUT2D eigenvalue weighted by Crippen LogP contribution is -2.40. The van der Waals surface area contributed by atoms with E-state index in [1.54, 1.807) is 18.2 Å². The number of aliphatic hydroxyl groups excluding tert-OH is 1. The Morgan fingerprint density at radius 3 is 1.78 bits per heavy atom. The van der Waals surface area contributed by atoms with Gasteiger partial charge in [0.15, 0.2) is 6.10 Å². The minimum Gasteiger partial charge on any atom is -0.481 e. The molecule has 6 atom stereocenters. The van der Waals surface area contributed by atoms with Crippen molar-refractivity contribution in [1.29, 1.82) is 0 Å². The number of rotatable bonds is 43. The summed E-state index contributed by atoms with van der Waals surface area (Å²) in [4.78, 5) is 58.0. The maximum atomic E-state index is 13.2. The van der Waals surface area contributed by atoms with Gasteiger partial charge in [-0.2, -0.15) is 0 Å². The van der Waals surface area contributed by atoms with Crippen molar-refractivity contribution < 1.29 is 62.5 Å². The molecule has 0 aromatic carbocycles. The number of thioether (sulfide) groups is 1. The predicted molar refractivity (Wildman–Crippen MR) is 273 cm³/mol. The minimum atomic E-state index is -4.90. The van der Waals surface area contributed by atoms with Gasteiger partial charge < -0.3 is 41.2 Å². The molecule has 0 aliphatic carbocycles. The number of carboxylic acid groups (broad SMARTS) is 2. The number of carbonyl (C=O) groups is 4. The molecule has 0 heterocycles. The lowest BCUT2D eigenvalue weighted by Gasteiger charge is -2.23. The molecule has 0 bridgehead atoms. The molecule has 0 aromatic rings. The van der Waals surface area contributed by atoms with Gasteiger partial charge >= 0.3 is 31.7 Å². The molecular weight excluding hydrogens is 912 g/mol. The van der Waals surface area contributed by atoms with Crippen molar-refractivity contribution in [2.75, 3.05) is 25.6 Å². The Hall–Kier alpha value is -4.12. The topological polar surface area (TPSA) is 255 Å². The molecule has 0 aliphatic rings. The maximum Gasteiger partial charge on any atom is 0.472 e. The summed E-state index contributed by atoms with van der Waals surface area (Å²) in [5, 5.41) is 28.4. The Bertz CT molecular complexity index is 1690. The summed E-state index contributed by atoms with van der Waals surface area (Å²) in [6, 6.07) is -2.89. The van der Waals surface area contributed by atoms with Crippen molar-refractivity contribution in [3.05, 3.63) is 109 Å². The van der Waals surface area contributed by atoms with Gasteiger partial charge in [-0.15, -0.1) is 11.8 Å². The number of hydrogen-bond acceptors (Lipinski definition) is 13. The Kier molecular flexibility index (Phi) is 41.4. The van der Waals surface area contributed by atoms with Gasteiger partial charge in [0.05, 0.1) is 19.3 Å². The fraction of sp³-hybridized carbons (Fsp3) is 0.569. The summed E-state index contributed by atoms with van der Waals surface area (Å²) >= 11 is 1.14. The highest BCUT2D eigenvalue weighted by molar-refractivity contribution is 8.00. The number of phosphoric ester groups is 1. The second kappa shape index (κ2) is 44.1. The van der Waals surface area contributed by atoms with Crippen LogP contribution in [0.25, 0.3) is 0 Å². The molecule has 0 spiro atoms. The smallest absolute Gasteiger partial charge is 0.472 e. The number of aliphatic hydroxyl groups is 1. The zero-order valence-corrected chi connectivity index (χ0v) is 42.0. The van der Waals surface area contributed by atoms with Gasteiger partial charge in [-0.25, -0.2) is 4.57 Å². The Morgan fingerprint density at radius 2 is 1.19 bits per heavy atom. The van der Waals surface area contributed by atoms with Crippen molar-refractivity contribution in [3.8, 4) is 0 Å². The number of allylic oxidation sites excluding steroid dienone is 17. The van der Waals surface area contributed by atoms with E-state index in [2.05, 4.69) is 91.3 Å². The lowest BCUT2D eigenvalue weighted by molar-refractivity contribution is -0.161. The highest BCUT2D eigenvalue weighted by atomic mass is 32.2. The molecule has 0 amide bonds. The molecule has 15 nitrogen and oxygen atoms in total. The Morgan fingerprint density at radius 1 is 0.632 bits per heavy atom. The Labute approximate surface area is 409 Å². The summed E-state index contributed by atoms with van der Waals surface area (Å²) in [6.07, 6.45) is 47.8. The lowest BCUT2D eigenvalue weighted by atomic mass is 10.1. The first-order valence-corrected chi connectivity index (χ1v) is 26.4. The van der Waals surface area contributed by atoms with Crippen LogP contribution in [0.3, 0.4) is 0 Å². The van der Waals surface area contributed by atoms with Crippen molar-refractivity contribution in [2.45, 2.75) is 159 Å². The third-order valence-corrected chi connectivity index (χ3v) is 11.9. The van der Waals surface area contributed by atoms with E-state index in [9.17, 15) is 33.7 Å². The number of nitrogens with two attached hydrogens (primary N) is 2. The van der Waals surface area contributed by atoms with Crippen LogP contribution in [0.1, 0.15) is 129 Å². The van der Waals surface area contributed by atoms with Crippen molar-refractivity contribution >= 4 is 43.5 Å². The second-order valence-electron chi connectivity index (χ2n) is 15.7. The average molecular weight is 993 g/mol. The first kappa shape index (κ1) is 63.9. The molecule has 0 saturated carbocycles. The number of ether oxygens (including phenoxy) is 2. The van der Waals surface area contributed by atoms with E-state index >= 15 is 0 Å². The van der Waals surface area contributed by atoms with Crippen molar-refractivity contribution in [1.82, 2.24) is 0 Å². The molecule has 1 unspecified atom stereocenters. The number of carbonyl (C=O) groups excluding carboxylic acids is 2. The highest BCUT2D eigenvalue weighted by Crippen LogP contribution is 2.43. The number of aliphatic carboxylic acids is 2.